The minimum Gasteiger partial charge on any atom is -0.493 e. The fourth-order valence-electron chi connectivity index (χ4n) is 6.80. The summed E-state index contributed by atoms with van der Waals surface area (Å²) in [7, 11) is 1.54. The number of nitro groups is 1. The Bertz CT molecular complexity index is 2620. The average Bonchev–Trinajstić information content (AvgIpc) is 3.71. The molecule has 0 aliphatic carbocycles. The highest BCUT2D eigenvalue weighted by Crippen LogP contribution is 2.38. The number of fused-ring (bicyclic) bond motifs is 1. The number of carbonyl (C=O) groups excluding carboxylic acids is 1. The topological polar surface area (TPSA) is 127 Å². The summed E-state index contributed by atoms with van der Waals surface area (Å²) in [5.74, 6) is 0.426. The molecule has 0 amide bonds. The SMILES string of the molecule is CCOC(=O)C1=C(C)N=c2s/c(=C/c3cc(-c4ccccc4)n(-c4ccc([N+](=O)[O-])cc4)c3-c3ccccc3)c(=O)n2[C@@H]1c1ccc(OC(C)C)c(OC)c1. The molecule has 4 aromatic carbocycles. The number of allylic oxidation sites excluding steroid dienone is 1. The van der Waals surface area contributed by atoms with Gasteiger partial charge in [-0.1, -0.05) is 78.1 Å². The number of hydrogen-bond donors (Lipinski definition) is 0. The van der Waals surface area contributed by atoms with Crippen molar-refractivity contribution in [2.45, 2.75) is 39.8 Å². The lowest BCUT2D eigenvalue weighted by Crippen LogP contribution is -2.40. The van der Waals surface area contributed by atoms with Crippen LogP contribution in [-0.2, 0) is 9.53 Å². The van der Waals surface area contributed by atoms with Gasteiger partial charge in [0.15, 0.2) is 16.3 Å². The predicted octanol–water partition coefficient (Wildman–Crippen LogP) is 7.63. The number of hydrogen-bond acceptors (Lipinski definition) is 9. The molecule has 0 saturated heterocycles. The zero-order valence-electron chi connectivity index (χ0n) is 30.9. The standard InChI is InChI=1S/C43H38N4O7S/c1-6-53-42(49)38-27(4)44-43-46(40(38)30-17-22-35(54-26(2)3)36(24-30)52-5)41(48)37(55-43)25-31-23-34(28-13-9-7-10-14-28)45(39(31)29-15-11-8-12-16-29)32-18-20-33(21-19-32)47(50)51/h7-26,40H,6H2,1-5H3/b37-25+/t40-/m1/s1. The maximum absolute atomic E-state index is 14.8. The third-order valence-electron chi connectivity index (χ3n) is 9.14. The van der Waals surface area contributed by atoms with E-state index in [-0.39, 0.29) is 29.5 Å². The number of rotatable bonds is 11. The van der Waals surface area contributed by atoms with E-state index in [4.69, 9.17) is 19.2 Å². The fourth-order valence-corrected chi connectivity index (χ4v) is 7.84. The van der Waals surface area contributed by atoms with Crippen molar-refractivity contribution in [2.75, 3.05) is 13.7 Å². The second-order valence-corrected chi connectivity index (χ2v) is 14.1. The van der Waals surface area contributed by atoms with Gasteiger partial charge in [-0.2, -0.15) is 0 Å². The van der Waals surface area contributed by atoms with Crippen LogP contribution in [0.25, 0.3) is 34.3 Å². The second-order valence-electron chi connectivity index (χ2n) is 13.1. The Hall–Kier alpha value is -6.53. The van der Waals surface area contributed by atoms with Crippen LogP contribution in [0.5, 0.6) is 11.5 Å². The van der Waals surface area contributed by atoms with Crippen LogP contribution < -0.4 is 24.4 Å². The van der Waals surface area contributed by atoms with Crippen molar-refractivity contribution in [1.29, 1.82) is 0 Å². The van der Waals surface area contributed by atoms with Crippen LogP contribution in [0.2, 0.25) is 0 Å². The number of carbonyl (C=O) groups is 1. The summed E-state index contributed by atoms with van der Waals surface area (Å²) in [5, 5.41) is 11.6. The van der Waals surface area contributed by atoms with Crippen LogP contribution in [0.3, 0.4) is 0 Å². The Morgan fingerprint density at radius 3 is 2.24 bits per heavy atom. The fraction of sp³-hybridized carbons (Fsp3) is 0.186. The van der Waals surface area contributed by atoms with Gasteiger partial charge in [-0.05, 0) is 80.8 Å². The van der Waals surface area contributed by atoms with Crippen LogP contribution in [0, 0.1) is 10.1 Å². The third kappa shape index (κ3) is 7.11. The first-order valence-electron chi connectivity index (χ1n) is 17.7. The van der Waals surface area contributed by atoms with E-state index in [2.05, 4.69) is 4.57 Å². The van der Waals surface area contributed by atoms with E-state index in [1.165, 1.54) is 23.5 Å². The summed E-state index contributed by atoms with van der Waals surface area (Å²) in [6.45, 7) is 7.46. The van der Waals surface area contributed by atoms with E-state index in [9.17, 15) is 19.7 Å². The largest absolute Gasteiger partial charge is 0.493 e. The molecule has 2 aromatic heterocycles. The van der Waals surface area contributed by atoms with Crippen molar-refractivity contribution in [1.82, 2.24) is 9.13 Å². The Morgan fingerprint density at radius 1 is 0.945 bits per heavy atom. The van der Waals surface area contributed by atoms with E-state index < -0.39 is 16.9 Å². The van der Waals surface area contributed by atoms with E-state index in [0.717, 1.165) is 28.1 Å². The molecule has 55 heavy (non-hydrogen) atoms. The van der Waals surface area contributed by atoms with Gasteiger partial charge in [-0.25, -0.2) is 9.79 Å². The monoisotopic (exact) mass is 754 g/mol. The highest BCUT2D eigenvalue weighted by atomic mass is 32.1. The van der Waals surface area contributed by atoms with Crippen molar-refractivity contribution in [2.24, 2.45) is 4.99 Å². The molecule has 3 heterocycles. The van der Waals surface area contributed by atoms with Crippen molar-refractivity contribution >= 4 is 29.1 Å². The zero-order valence-corrected chi connectivity index (χ0v) is 31.7. The molecule has 278 valence electrons. The molecule has 0 bridgehead atoms. The Morgan fingerprint density at radius 2 is 1.62 bits per heavy atom. The smallest absolute Gasteiger partial charge is 0.338 e. The molecule has 7 rings (SSSR count). The maximum atomic E-state index is 14.8. The molecule has 0 saturated carbocycles. The van der Waals surface area contributed by atoms with Crippen molar-refractivity contribution in [3.63, 3.8) is 0 Å². The molecule has 1 atom stereocenters. The highest BCUT2D eigenvalue weighted by molar-refractivity contribution is 7.07. The van der Waals surface area contributed by atoms with Gasteiger partial charge in [-0.3, -0.25) is 19.5 Å². The highest BCUT2D eigenvalue weighted by Gasteiger charge is 2.34. The Labute approximate surface area is 320 Å². The molecule has 0 fully saturated rings. The number of methoxy groups -OCH3 is 1. The first-order chi connectivity index (χ1) is 26.6. The molecular formula is C43H38N4O7S. The Kier molecular flexibility index (Phi) is 10.3. The number of aromatic nitrogens is 2. The summed E-state index contributed by atoms with van der Waals surface area (Å²) < 4.78 is 21.2. The van der Waals surface area contributed by atoms with Gasteiger partial charge in [-0.15, -0.1) is 0 Å². The van der Waals surface area contributed by atoms with Gasteiger partial charge in [0, 0.05) is 23.4 Å². The van der Waals surface area contributed by atoms with E-state index >= 15 is 0 Å². The summed E-state index contributed by atoms with van der Waals surface area (Å²) in [4.78, 5) is 44.7. The zero-order chi connectivity index (χ0) is 38.8. The van der Waals surface area contributed by atoms with Crippen LogP contribution in [-0.4, -0.2) is 39.8 Å². The number of nitrogens with zero attached hydrogens (tertiary/aromatic N) is 4. The van der Waals surface area contributed by atoms with Crippen molar-refractivity contribution in [3.05, 3.63) is 161 Å². The molecule has 6 aromatic rings. The van der Waals surface area contributed by atoms with Gasteiger partial charge in [0.25, 0.3) is 11.2 Å². The van der Waals surface area contributed by atoms with Gasteiger partial charge < -0.3 is 18.8 Å². The molecule has 0 N–H and O–H groups in total. The van der Waals surface area contributed by atoms with Crippen LogP contribution >= 0.6 is 11.3 Å². The molecule has 11 nitrogen and oxygen atoms in total. The summed E-state index contributed by atoms with van der Waals surface area (Å²) in [5.41, 5.74) is 5.79. The molecule has 0 radical (unpaired) electrons. The lowest BCUT2D eigenvalue weighted by Gasteiger charge is -2.25. The van der Waals surface area contributed by atoms with Crippen LogP contribution in [0.15, 0.2) is 130 Å². The number of non-ortho nitro benzene ring substituents is 1. The summed E-state index contributed by atoms with van der Waals surface area (Å²) in [6, 6.07) is 32.5. The lowest BCUT2D eigenvalue weighted by atomic mass is 9.95. The van der Waals surface area contributed by atoms with Gasteiger partial charge in [0.05, 0.1) is 58.0 Å². The Balaban J connectivity index is 1.49. The minimum absolute atomic E-state index is 0.0218. The molecule has 1 aliphatic heterocycles. The molecule has 1 aliphatic rings. The van der Waals surface area contributed by atoms with Crippen molar-refractivity contribution in [3.8, 4) is 39.7 Å². The number of esters is 1. The number of nitro benzene ring substituents is 1. The molecule has 0 unspecified atom stereocenters. The normalized spacial score (nSPS) is 14.1. The predicted molar refractivity (Wildman–Crippen MR) is 212 cm³/mol. The summed E-state index contributed by atoms with van der Waals surface area (Å²) >= 11 is 1.23. The molecule has 12 heteroatoms. The molecule has 0 spiro atoms. The number of thiazole rings is 1. The van der Waals surface area contributed by atoms with Crippen LogP contribution in [0.1, 0.15) is 44.9 Å². The van der Waals surface area contributed by atoms with E-state index in [1.807, 2.05) is 92.7 Å². The maximum Gasteiger partial charge on any atom is 0.338 e. The van der Waals surface area contributed by atoms with Gasteiger partial charge in [0.2, 0.25) is 0 Å². The number of ether oxygens (including phenoxy) is 3. The first kappa shape index (κ1) is 36.8. The van der Waals surface area contributed by atoms with E-state index in [0.29, 0.717) is 37.8 Å². The van der Waals surface area contributed by atoms with Gasteiger partial charge in [0.1, 0.15) is 0 Å². The van der Waals surface area contributed by atoms with Gasteiger partial charge >= 0.3 is 5.97 Å². The average molecular weight is 755 g/mol. The second kappa shape index (κ2) is 15.4. The van der Waals surface area contributed by atoms with E-state index in [1.54, 1.807) is 49.8 Å². The first-order valence-corrected chi connectivity index (χ1v) is 18.6. The van der Waals surface area contributed by atoms with Crippen LogP contribution in [0.4, 0.5) is 5.69 Å². The minimum atomic E-state index is -0.863. The lowest BCUT2D eigenvalue weighted by molar-refractivity contribution is -0.384. The number of benzene rings is 4. The quantitative estimate of drug-likeness (QED) is 0.0757. The van der Waals surface area contributed by atoms with Crippen molar-refractivity contribution < 1.29 is 23.9 Å². The summed E-state index contributed by atoms with van der Waals surface area (Å²) in [6.07, 6.45) is 1.74. The molecular weight excluding hydrogens is 717 g/mol. The third-order valence-corrected chi connectivity index (χ3v) is 10.1.